The first-order valence-electron chi connectivity index (χ1n) is 20.9. The van der Waals surface area contributed by atoms with Gasteiger partial charge < -0.3 is 9.47 Å². The molecule has 1 heterocycles. The minimum atomic E-state index is 0.996. The van der Waals surface area contributed by atoms with Gasteiger partial charge in [0.25, 0.3) is 0 Å². The summed E-state index contributed by atoms with van der Waals surface area (Å²) >= 11 is 0. The molecule has 0 saturated carbocycles. The standard InChI is InChI=1S/C58H42N2/c1-5-18-41(19-6-1)44-32-34-50(35-33-44)59(52-38-47(42-20-7-2-8-21-42)36-48(39-52)43-22-9-3-10-23-43)51-28-17-25-46(37-51)57-53-29-14-13-24-45(53)40-56-58(57)54-30-15-16-31-55(54)60(56)49-26-11-4-12-27-49/h1-13,15-28,30-40H,14,29H2. The zero-order valence-corrected chi connectivity index (χ0v) is 33.2. The van der Waals surface area contributed by atoms with Gasteiger partial charge in [-0.1, -0.05) is 164 Å². The van der Waals surface area contributed by atoms with Crippen LogP contribution in [0.5, 0.6) is 0 Å². The second kappa shape index (κ2) is 15.2. The molecular formula is C58H42N2. The molecular weight excluding hydrogens is 725 g/mol. The molecule has 284 valence electrons. The number of hydrogen-bond donors (Lipinski definition) is 0. The summed E-state index contributed by atoms with van der Waals surface area (Å²) in [5.41, 5.74) is 19.3. The first kappa shape index (κ1) is 35.5. The minimum Gasteiger partial charge on any atom is -0.310 e. The van der Waals surface area contributed by atoms with Crippen LogP contribution in [0.25, 0.3) is 78.1 Å². The third kappa shape index (κ3) is 6.40. The van der Waals surface area contributed by atoms with Gasteiger partial charge in [0, 0.05) is 33.5 Å². The molecule has 2 heteroatoms. The second-order valence-corrected chi connectivity index (χ2v) is 15.6. The number of aromatic nitrogens is 1. The van der Waals surface area contributed by atoms with Crippen LogP contribution in [-0.2, 0) is 6.42 Å². The topological polar surface area (TPSA) is 8.17 Å². The van der Waals surface area contributed by atoms with Crippen molar-refractivity contribution in [3.8, 4) is 50.2 Å². The molecule has 0 radical (unpaired) electrons. The van der Waals surface area contributed by atoms with Gasteiger partial charge in [-0.2, -0.15) is 0 Å². The van der Waals surface area contributed by atoms with Crippen LogP contribution < -0.4 is 4.90 Å². The highest BCUT2D eigenvalue weighted by molar-refractivity contribution is 6.17. The fourth-order valence-electron chi connectivity index (χ4n) is 9.23. The summed E-state index contributed by atoms with van der Waals surface area (Å²) in [6.07, 6.45) is 6.68. The first-order valence-corrected chi connectivity index (χ1v) is 20.9. The molecule has 0 spiro atoms. The van der Waals surface area contributed by atoms with E-state index in [1.54, 1.807) is 0 Å². The van der Waals surface area contributed by atoms with Crippen LogP contribution in [0, 0.1) is 0 Å². The Morgan fingerprint density at radius 3 is 1.60 bits per heavy atom. The average Bonchev–Trinajstić information content (AvgIpc) is 3.66. The fourth-order valence-corrected chi connectivity index (χ4v) is 9.23. The lowest BCUT2D eigenvalue weighted by Gasteiger charge is -2.28. The number of benzene rings is 9. The van der Waals surface area contributed by atoms with Gasteiger partial charge in [0.2, 0.25) is 0 Å². The number of fused-ring (bicyclic) bond motifs is 4. The SMILES string of the molecule is C1=Cc2cc3c(c(-c4cccc(N(c5ccc(-c6ccccc6)cc5)c5cc(-c6ccccc6)cc(-c6ccccc6)c5)c4)c2CC1)c1ccccc1n3-c1ccccc1. The lowest BCUT2D eigenvalue weighted by atomic mass is 9.86. The molecule has 0 saturated heterocycles. The van der Waals surface area contributed by atoms with Gasteiger partial charge in [0.1, 0.15) is 0 Å². The first-order chi connectivity index (χ1) is 29.8. The Bertz CT molecular complexity index is 3100. The van der Waals surface area contributed by atoms with Crippen LogP contribution in [-0.4, -0.2) is 4.57 Å². The summed E-state index contributed by atoms with van der Waals surface area (Å²) in [5, 5.41) is 2.57. The van der Waals surface area contributed by atoms with Gasteiger partial charge in [-0.3, -0.25) is 0 Å². The Morgan fingerprint density at radius 1 is 0.383 bits per heavy atom. The number of allylic oxidation sites excluding steroid dienone is 1. The lowest BCUT2D eigenvalue weighted by molar-refractivity contribution is 0.990. The van der Waals surface area contributed by atoms with Crippen molar-refractivity contribution >= 4 is 44.9 Å². The highest BCUT2D eigenvalue weighted by atomic mass is 15.1. The van der Waals surface area contributed by atoms with Crippen molar-refractivity contribution in [3.05, 3.63) is 236 Å². The number of hydrogen-bond acceptors (Lipinski definition) is 1. The normalized spacial score (nSPS) is 12.1. The Kier molecular flexibility index (Phi) is 9.02. The van der Waals surface area contributed by atoms with Crippen LogP contribution in [0.1, 0.15) is 17.5 Å². The molecule has 1 aliphatic rings. The molecule has 1 aliphatic carbocycles. The van der Waals surface area contributed by atoms with Crippen LogP contribution in [0.4, 0.5) is 17.1 Å². The third-order valence-corrected chi connectivity index (χ3v) is 12.0. The van der Waals surface area contributed by atoms with E-state index in [1.165, 1.54) is 83.1 Å². The third-order valence-electron chi connectivity index (χ3n) is 12.0. The fraction of sp³-hybridized carbons (Fsp3) is 0.0345. The maximum atomic E-state index is 2.45. The highest BCUT2D eigenvalue weighted by Crippen LogP contribution is 2.46. The quantitative estimate of drug-likeness (QED) is 0.150. The zero-order valence-electron chi connectivity index (χ0n) is 33.2. The van der Waals surface area contributed by atoms with E-state index in [0.29, 0.717) is 0 Å². The summed E-state index contributed by atoms with van der Waals surface area (Å²) in [7, 11) is 0. The van der Waals surface area contributed by atoms with Gasteiger partial charge in [0.05, 0.1) is 11.0 Å². The molecule has 0 amide bonds. The zero-order chi connectivity index (χ0) is 39.8. The van der Waals surface area contributed by atoms with Gasteiger partial charge in [0.15, 0.2) is 0 Å². The molecule has 0 unspecified atom stereocenters. The summed E-state index contributed by atoms with van der Waals surface area (Å²) in [4.78, 5) is 2.44. The van der Waals surface area contributed by atoms with E-state index in [9.17, 15) is 0 Å². The van der Waals surface area contributed by atoms with E-state index >= 15 is 0 Å². The molecule has 9 aromatic carbocycles. The van der Waals surface area contributed by atoms with E-state index in [-0.39, 0.29) is 0 Å². The molecule has 0 bridgehead atoms. The van der Waals surface area contributed by atoms with Crippen molar-refractivity contribution < 1.29 is 0 Å². The molecule has 10 aromatic rings. The average molecular weight is 767 g/mol. The molecule has 0 N–H and O–H groups in total. The van der Waals surface area contributed by atoms with E-state index in [2.05, 4.69) is 240 Å². The molecule has 0 fully saturated rings. The predicted molar refractivity (Wildman–Crippen MR) is 255 cm³/mol. The summed E-state index contributed by atoms with van der Waals surface area (Å²) in [6, 6.07) is 79.6. The second-order valence-electron chi connectivity index (χ2n) is 15.6. The van der Waals surface area contributed by atoms with E-state index < -0.39 is 0 Å². The van der Waals surface area contributed by atoms with Gasteiger partial charge in [-0.25, -0.2) is 0 Å². The van der Waals surface area contributed by atoms with Crippen molar-refractivity contribution in [3.63, 3.8) is 0 Å². The number of nitrogens with zero attached hydrogens (tertiary/aromatic N) is 2. The maximum Gasteiger partial charge on any atom is 0.0553 e. The van der Waals surface area contributed by atoms with Crippen LogP contribution in [0.3, 0.4) is 0 Å². The monoisotopic (exact) mass is 766 g/mol. The molecule has 1 aromatic heterocycles. The van der Waals surface area contributed by atoms with Crippen molar-refractivity contribution in [2.75, 3.05) is 4.90 Å². The Balaban J connectivity index is 1.16. The Labute approximate surface area is 351 Å². The number of anilines is 3. The minimum absolute atomic E-state index is 0.996. The highest BCUT2D eigenvalue weighted by Gasteiger charge is 2.24. The molecule has 0 aliphatic heterocycles. The van der Waals surface area contributed by atoms with Crippen LogP contribution in [0.15, 0.2) is 224 Å². The van der Waals surface area contributed by atoms with Crippen LogP contribution in [0.2, 0.25) is 0 Å². The number of rotatable bonds is 8. The van der Waals surface area contributed by atoms with E-state index in [4.69, 9.17) is 0 Å². The van der Waals surface area contributed by atoms with Crippen LogP contribution >= 0.6 is 0 Å². The molecule has 2 nitrogen and oxygen atoms in total. The summed E-state index contributed by atoms with van der Waals surface area (Å²) in [5.74, 6) is 0. The molecule has 11 rings (SSSR count). The lowest BCUT2D eigenvalue weighted by Crippen LogP contribution is -2.10. The van der Waals surface area contributed by atoms with Crippen molar-refractivity contribution in [1.29, 1.82) is 0 Å². The van der Waals surface area contributed by atoms with E-state index in [0.717, 1.165) is 29.9 Å². The Hall–Kier alpha value is -7.68. The largest absolute Gasteiger partial charge is 0.310 e. The number of para-hydroxylation sites is 2. The summed E-state index contributed by atoms with van der Waals surface area (Å²) in [6.45, 7) is 0. The van der Waals surface area contributed by atoms with Gasteiger partial charge in [-0.15, -0.1) is 0 Å². The Morgan fingerprint density at radius 2 is 0.933 bits per heavy atom. The van der Waals surface area contributed by atoms with Gasteiger partial charge >= 0.3 is 0 Å². The molecule has 0 atom stereocenters. The van der Waals surface area contributed by atoms with Crippen molar-refractivity contribution in [2.45, 2.75) is 12.8 Å². The smallest absolute Gasteiger partial charge is 0.0553 e. The van der Waals surface area contributed by atoms with Gasteiger partial charge in [-0.05, 0) is 135 Å². The van der Waals surface area contributed by atoms with E-state index in [1.807, 2.05) is 0 Å². The molecule has 60 heavy (non-hydrogen) atoms. The summed E-state index contributed by atoms with van der Waals surface area (Å²) < 4.78 is 2.45. The van der Waals surface area contributed by atoms with Crippen molar-refractivity contribution in [1.82, 2.24) is 4.57 Å². The maximum absolute atomic E-state index is 2.45. The predicted octanol–water partition coefficient (Wildman–Crippen LogP) is 15.9. The van der Waals surface area contributed by atoms with Crippen molar-refractivity contribution in [2.24, 2.45) is 0 Å².